The summed E-state index contributed by atoms with van der Waals surface area (Å²) < 4.78 is 5.87. The molecule has 0 aliphatic carbocycles. The number of thiazole rings is 1. The third-order valence-electron chi connectivity index (χ3n) is 5.42. The Hall–Kier alpha value is -2.50. The number of benzene rings is 2. The van der Waals surface area contributed by atoms with Crippen molar-refractivity contribution in [1.29, 1.82) is 0 Å². The SMILES string of the molecule is Cc1ccc(-c2nc(C(C)C)c(CCC(=O)c3ccc(OC(C)(C)CO)c(C)c3)s2)cc1. The topological polar surface area (TPSA) is 59.4 Å². The lowest BCUT2D eigenvalue weighted by molar-refractivity contribution is 0.0406. The summed E-state index contributed by atoms with van der Waals surface area (Å²) >= 11 is 1.69. The number of ketones is 1. The second-order valence-corrected chi connectivity index (χ2v) is 10.4. The fourth-order valence-corrected chi connectivity index (χ4v) is 4.67. The fraction of sp³-hybridized carbons (Fsp3) is 0.407. The van der Waals surface area contributed by atoms with E-state index in [0.29, 0.717) is 30.1 Å². The van der Waals surface area contributed by atoms with Gasteiger partial charge in [0.15, 0.2) is 5.78 Å². The van der Waals surface area contributed by atoms with Gasteiger partial charge in [0, 0.05) is 22.4 Å². The monoisotopic (exact) mass is 451 g/mol. The predicted molar refractivity (Wildman–Crippen MR) is 132 cm³/mol. The second kappa shape index (κ2) is 9.97. The Labute approximate surface area is 195 Å². The minimum atomic E-state index is -0.662. The Morgan fingerprint density at radius 1 is 1.12 bits per heavy atom. The molecule has 5 heteroatoms. The molecule has 4 nitrogen and oxygen atoms in total. The van der Waals surface area contributed by atoms with Crippen LogP contribution in [0, 0.1) is 13.8 Å². The molecule has 0 bridgehead atoms. The molecular formula is C27H33NO3S. The highest BCUT2D eigenvalue weighted by Crippen LogP contribution is 2.33. The first-order chi connectivity index (χ1) is 15.1. The van der Waals surface area contributed by atoms with Gasteiger partial charge < -0.3 is 9.84 Å². The average Bonchev–Trinajstić information content (AvgIpc) is 3.18. The second-order valence-electron chi connectivity index (χ2n) is 9.27. The van der Waals surface area contributed by atoms with Crippen molar-refractivity contribution < 1.29 is 14.6 Å². The van der Waals surface area contributed by atoms with Crippen molar-refractivity contribution in [2.45, 2.75) is 65.9 Å². The molecule has 0 saturated heterocycles. The summed E-state index contributed by atoms with van der Waals surface area (Å²) in [6, 6.07) is 13.9. The van der Waals surface area contributed by atoms with Gasteiger partial charge in [-0.15, -0.1) is 11.3 Å². The first-order valence-corrected chi connectivity index (χ1v) is 11.9. The molecule has 0 aliphatic rings. The quantitative estimate of drug-likeness (QED) is 0.377. The van der Waals surface area contributed by atoms with Crippen molar-refractivity contribution in [3.8, 4) is 16.3 Å². The molecule has 0 amide bonds. The van der Waals surface area contributed by atoms with E-state index in [1.54, 1.807) is 11.3 Å². The molecule has 1 N–H and O–H groups in total. The smallest absolute Gasteiger partial charge is 0.163 e. The number of aromatic nitrogens is 1. The van der Waals surface area contributed by atoms with E-state index in [0.717, 1.165) is 21.8 Å². The minimum absolute atomic E-state index is 0.0786. The number of aliphatic hydroxyl groups is 1. The molecule has 0 atom stereocenters. The molecule has 3 rings (SSSR count). The number of aryl methyl sites for hydroxylation is 3. The molecule has 0 spiro atoms. The zero-order chi connectivity index (χ0) is 23.5. The van der Waals surface area contributed by atoms with E-state index in [2.05, 4.69) is 45.0 Å². The van der Waals surface area contributed by atoms with Gasteiger partial charge in [0.1, 0.15) is 16.4 Å². The highest BCUT2D eigenvalue weighted by atomic mass is 32.1. The van der Waals surface area contributed by atoms with Crippen LogP contribution >= 0.6 is 11.3 Å². The number of carbonyl (C=O) groups is 1. The highest BCUT2D eigenvalue weighted by molar-refractivity contribution is 7.15. The normalized spacial score (nSPS) is 11.8. The van der Waals surface area contributed by atoms with Crippen molar-refractivity contribution in [3.63, 3.8) is 0 Å². The number of Topliss-reactive ketones (excluding diaryl/α,β-unsaturated/α-hetero) is 1. The summed E-state index contributed by atoms with van der Waals surface area (Å²) in [4.78, 5) is 19.0. The highest BCUT2D eigenvalue weighted by Gasteiger charge is 2.20. The lowest BCUT2D eigenvalue weighted by Gasteiger charge is -2.25. The lowest BCUT2D eigenvalue weighted by Crippen LogP contribution is -2.32. The number of carbonyl (C=O) groups excluding carboxylic acids is 1. The van der Waals surface area contributed by atoms with E-state index in [1.165, 1.54) is 10.4 Å². The maximum absolute atomic E-state index is 12.9. The first-order valence-electron chi connectivity index (χ1n) is 11.1. The van der Waals surface area contributed by atoms with Crippen LogP contribution in [-0.4, -0.2) is 28.1 Å². The van der Waals surface area contributed by atoms with Gasteiger partial charge in [-0.3, -0.25) is 4.79 Å². The van der Waals surface area contributed by atoms with Crippen molar-refractivity contribution in [3.05, 3.63) is 69.7 Å². The van der Waals surface area contributed by atoms with Crippen molar-refractivity contribution in [1.82, 2.24) is 4.98 Å². The van der Waals surface area contributed by atoms with Gasteiger partial charge in [-0.25, -0.2) is 4.98 Å². The van der Waals surface area contributed by atoms with Crippen LogP contribution in [0.25, 0.3) is 10.6 Å². The molecule has 3 aromatic rings. The van der Waals surface area contributed by atoms with Crippen LogP contribution in [-0.2, 0) is 6.42 Å². The van der Waals surface area contributed by atoms with Crippen molar-refractivity contribution in [2.75, 3.05) is 6.61 Å². The van der Waals surface area contributed by atoms with E-state index in [9.17, 15) is 9.90 Å². The largest absolute Gasteiger partial charge is 0.485 e. The van der Waals surface area contributed by atoms with E-state index in [4.69, 9.17) is 9.72 Å². The van der Waals surface area contributed by atoms with Gasteiger partial charge in [-0.05, 0) is 63.8 Å². The Kier molecular flexibility index (Phi) is 7.52. The third kappa shape index (κ3) is 5.84. The van der Waals surface area contributed by atoms with Crippen LogP contribution < -0.4 is 4.74 Å². The lowest BCUT2D eigenvalue weighted by atomic mass is 10.0. The molecule has 0 unspecified atom stereocenters. The zero-order valence-corrected chi connectivity index (χ0v) is 20.7. The zero-order valence-electron chi connectivity index (χ0n) is 19.9. The van der Waals surface area contributed by atoms with E-state index >= 15 is 0 Å². The van der Waals surface area contributed by atoms with Gasteiger partial charge >= 0.3 is 0 Å². The van der Waals surface area contributed by atoms with Gasteiger partial charge in [0.2, 0.25) is 0 Å². The number of aliphatic hydroxyl groups excluding tert-OH is 1. The number of hydrogen-bond acceptors (Lipinski definition) is 5. The molecule has 0 aliphatic heterocycles. The summed E-state index contributed by atoms with van der Waals surface area (Å²) in [5.74, 6) is 1.11. The maximum atomic E-state index is 12.9. The Balaban J connectivity index is 1.74. The molecule has 32 heavy (non-hydrogen) atoms. The predicted octanol–water partition coefficient (Wildman–Crippen LogP) is 6.52. The van der Waals surface area contributed by atoms with Crippen molar-refractivity contribution >= 4 is 17.1 Å². The standard InChI is InChI=1S/C27H33NO3S/c1-17(2)25-24(32-26(28-25)20-9-7-18(3)8-10-20)14-12-22(30)21-11-13-23(19(4)15-21)31-27(5,6)16-29/h7-11,13,15,17,29H,12,14,16H2,1-6H3. The van der Waals surface area contributed by atoms with E-state index in [1.807, 2.05) is 39.0 Å². The number of rotatable bonds is 9. The summed E-state index contributed by atoms with van der Waals surface area (Å²) in [6.45, 7) is 11.9. The summed E-state index contributed by atoms with van der Waals surface area (Å²) in [5.41, 5.74) is 4.35. The van der Waals surface area contributed by atoms with Crippen LogP contribution in [0.2, 0.25) is 0 Å². The van der Waals surface area contributed by atoms with Gasteiger partial charge in [-0.1, -0.05) is 43.7 Å². The molecule has 0 saturated carbocycles. The van der Waals surface area contributed by atoms with Gasteiger partial charge in [0.25, 0.3) is 0 Å². The number of hydrogen-bond donors (Lipinski definition) is 1. The molecule has 170 valence electrons. The van der Waals surface area contributed by atoms with E-state index < -0.39 is 5.60 Å². The molecular weight excluding hydrogens is 418 g/mol. The maximum Gasteiger partial charge on any atom is 0.163 e. The van der Waals surface area contributed by atoms with Crippen LogP contribution in [0.1, 0.15) is 72.1 Å². The van der Waals surface area contributed by atoms with Crippen LogP contribution in [0.15, 0.2) is 42.5 Å². The minimum Gasteiger partial charge on any atom is -0.485 e. The first kappa shape index (κ1) is 24.1. The summed E-state index contributed by atoms with van der Waals surface area (Å²) in [6.07, 6.45) is 1.13. The van der Waals surface area contributed by atoms with Gasteiger partial charge in [0.05, 0.1) is 12.3 Å². The number of ether oxygens (including phenoxy) is 1. The molecule has 1 aromatic heterocycles. The summed E-state index contributed by atoms with van der Waals surface area (Å²) in [5, 5.41) is 10.4. The number of nitrogens with zero attached hydrogens (tertiary/aromatic N) is 1. The van der Waals surface area contributed by atoms with Crippen LogP contribution in [0.5, 0.6) is 5.75 Å². The van der Waals surface area contributed by atoms with Crippen molar-refractivity contribution in [2.24, 2.45) is 0 Å². The van der Waals surface area contributed by atoms with Gasteiger partial charge in [-0.2, -0.15) is 0 Å². The molecule has 1 heterocycles. The Morgan fingerprint density at radius 2 is 1.81 bits per heavy atom. The summed E-state index contributed by atoms with van der Waals surface area (Å²) in [7, 11) is 0. The average molecular weight is 452 g/mol. The fourth-order valence-electron chi connectivity index (χ4n) is 3.45. The van der Waals surface area contributed by atoms with E-state index in [-0.39, 0.29) is 12.4 Å². The third-order valence-corrected chi connectivity index (χ3v) is 6.60. The molecule has 0 fully saturated rings. The molecule has 2 aromatic carbocycles. The molecule has 0 radical (unpaired) electrons. The van der Waals surface area contributed by atoms with Crippen LogP contribution in [0.4, 0.5) is 0 Å². The Bertz CT molecular complexity index is 1080. The van der Waals surface area contributed by atoms with Crippen LogP contribution in [0.3, 0.4) is 0 Å². The Morgan fingerprint density at radius 3 is 2.41 bits per heavy atom.